The Kier molecular flexibility index (Phi) is 6.54. The summed E-state index contributed by atoms with van der Waals surface area (Å²) < 4.78 is 5.48. The fourth-order valence-corrected chi connectivity index (χ4v) is 4.08. The molecule has 0 saturated heterocycles. The maximum absolute atomic E-state index is 13.6. The lowest BCUT2D eigenvalue weighted by molar-refractivity contribution is -0.134. The molecule has 0 radical (unpaired) electrons. The fraction of sp³-hybridized carbons (Fsp3) is 0.222. The smallest absolute Gasteiger partial charge is 0.262 e. The molecule has 0 aromatic heterocycles. The van der Waals surface area contributed by atoms with Crippen molar-refractivity contribution in [2.45, 2.75) is 25.9 Å². The topological polar surface area (TPSA) is 66.9 Å². The first-order valence-electron chi connectivity index (χ1n) is 11.0. The summed E-state index contributed by atoms with van der Waals surface area (Å²) in [5, 5.41) is 0. The number of hydrogen-bond acceptors (Lipinski definition) is 4. The monoisotopic (exact) mass is 442 g/mol. The number of amides is 3. The van der Waals surface area contributed by atoms with Crippen LogP contribution in [0.1, 0.15) is 38.8 Å². The number of carbonyl (C=O) groups is 3. The number of likely N-dealkylation sites (N-methyl/N-ethyl adjacent to an activating group) is 1. The van der Waals surface area contributed by atoms with Crippen LogP contribution in [-0.2, 0) is 17.8 Å². The van der Waals surface area contributed by atoms with E-state index in [1.165, 1.54) is 0 Å². The molecule has 0 fully saturated rings. The molecular formula is C27H26N2O4. The van der Waals surface area contributed by atoms with Crippen molar-refractivity contribution in [1.29, 1.82) is 0 Å². The summed E-state index contributed by atoms with van der Waals surface area (Å²) in [6.45, 7) is 2.85. The van der Waals surface area contributed by atoms with E-state index in [1.54, 1.807) is 36.2 Å². The molecule has 0 bridgehead atoms. The number of carbonyl (C=O) groups excluding carboxylic acids is 3. The molecule has 33 heavy (non-hydrogen) atoms. The number of rotatable bonds is 8. The summed E-state index contributed by atoms with van der Waals surface area (Å²) >= 11 is 0. The van der Waals surface area contributed by atoms with Crippen LogP contribution in [0.2, 0.25) is 0 Å². The third-order valence-corrected chi connectivity index (χ3v) is 5.72. The van der Waals surface area contributed by atoms with E-state index in [-0.39, 0.29) is 12.3 Å². The molecule has 0 spiro atoms. The number of fused-ring (bicyclic) bond motifs is 1. The van der Waals surface area contributed by atoms with Crippen LogP contribution in [0.25, 0.3) is 0 Å². The lowest BCUT2D eigenvalue weighted by Crippen LogP contribution is -2.51. The Morgan fingerprint density at radius 2 is 1.42 bits per heavy atom. The molecule has 0 N–H and O–H groups in total. The SMILES string of the molecule is CCOc1ccc(CN(C)C(=O)[C@H](Cc2ccccc2)N2C(=O)c3ccccc3C2=O)cc1. The van der Waals surface area contributed by atoms with Crippen molar-refractivity contribution in [2.24, 2.45) is 0 Å². The summed E-state index contributed by atoms with van der Waals surface area (Å²) in [5.41, 5.74) is 2.47. The first kappa shape index (κ1) is 22.3. The first-order valence-corrected chi connectivity index (χ1v) is 11.0. The normalized spacial score (nSPS) is 13.6. The van der Waals surface area contributed by atoms with Gasteiger partial charge in [0.15, 0.2) is 0 Å². The summed E-state index contributed by atoms with van der Waals surface area (Å²) in [6.07, 6.45) is 0.249. The molecule has 0 unspecified atom stereocenters. The molecule has 168 valence electrons. The molecule has 6 nitrogen and oxygen atoms in total. The first-order chi connectivity index (χ1) is 16.0. The third-order valence-electron chi connectivity index (χ3n) is 5.72. The second-order valence-corrected chi connectivity index (χ2v) is 8.00. The average molecular weight is 443 g/mol. The van der Waals surface area contributed by atoms with E-state index in [0.29, 0.717) is 24.3 Å². The summed E-state index contributed by atoms with van der Waals surface area (Å²) in [7, 11) is 1.69. The lowest BCUT2D eigenvalue weighted by Gasteiger charge is -2.29. The molecule has 0 aliphatic carbocycles. The molecular weight excluding hydrogens is 416 g/mol. The predicted molar refractivity (Wildman–Crippen MR) is 125 cm³/mol. The van der Waals surface area contributed by atoms with E-state index >= 15 is 0 Å². The van der Waals surface area contributed by atoms with Gasteiger partial charge in [0.1, 0.15) is 11.8 Å². The van der Waals surface area contributed by atoms with Crippen molar-refractivity contribution >= 4 is 17.7 Å². The van der Waals surface area contributed by atoms with Gasteiger partial charge in [0.05, 0.1) is 17.7 Å². The average Bonchev–Trinajstić information content (AvgIpc) is 3.09. The van der Waals surface area contributed by atoms with Gasteiger partial charge in [0, 0.05) is 20.0 Å². The fourth-order valence-electron chi connectivity index (χ4n) is 4.08. The van der Waals surface area contributed by atoms with Gasteiger partial charge in [-0.15, -0.1) is 0 Å². The Balaban J connectivity index is 1.60. The van der Waals surface area contributed by atoms with Gasteiger partial charge in [-0.25, -0.2) is 0 Å². The van der Waals surface area contributed by atoms with E-state index in [4.69, 9.17) is 4.74 Å². The molecule has 1 aliphatic heterocycles. The van der Waals surface area contributed by atoms with Crippen molar-refractivity contribution < 1.29 is 19.1 Å². The minimum atomic E-state index is -0.938. The maximum atomic E-state index is 13.6. The molecule has 3 amide bonds. The zero-order chi connectivity index (χ0) is 23.4. The van der Waals surface area contributed by atoms with Gasteiger partial charge in [-0.3, -0.25) is 19.3 Å². The van der Waals surface area contributed by atoms with Gasteiger partial charge < -0.3 is 9.64 Å². The van der Waals surface area contributed by atoms with Crippen molar-refractivity contribution in [1.82, 2.24) is 9.80 Å². The largest absolute Gasteiger partial charge is 0.494 e. The number of benzene rings is 3. The molecule has 3 aromatic carbocycles. The van der Waals surface area contributed by atoms with Crippen LogP contribution in [-0.4, -0.2) is 47.2 Å². The van der Waals surface area contributed by atoms with Crippen LogP contribution < -0.4 is 4.74 Å². The van der Waals surface area contributed by atoms with Crippen molar-refractivity contribution in [2.75, 3.05) is 13.7 Å². The van der Waals surface area contributed by atoms with Crippen molar-refractivity contribution in [3.8, 4) is 5.75 Å². The Morgan fingerprint density at radius 3 is 2.00 bits per heavy atom. The lowest BCUT2D eigenvalue weighted by atomic mass is 10.0. The molecule has 1 heterocycles. The van der Waals surface area contributed by atoms with E-state index in [2.05, 4.69) is 0 Å². The standard InChI is InChI=1S/C27H26N2O4/c1-3-33-21-15-13-20(14-16-21)18-28(2)27(32)24(17-19-9-5-4-6-10-19)29-25(30)22-11-7-8-12-23(22)26(29)31/h4-16,24H,3,17-18H2,1-2H3/t24-/m0/s1. The van der Waals surface area contributed by atoms with Gasteiger partial charge in [-0.2, -0.15) is 0 Å². The van der Waals surface area contributed by atoms with Gasteiger partial charge in [0.2, 0.25) is 5.91 Å². The minimum Gasteiger partial charge on any atom is -0.494 e. The highest BCUT2D eigenvalue weighted by Crippen LogP contribution is 2.27. The van der Waals surface area contributed by atoms with Crippen LogP contribution in [0.15, 0.2) is 78.9 Å². The second kappa shape index (κ2) is 9.69. The van der Waals surface area contributed by atoms with Gasteiger partial charge in [0.25, 0.3) is 11.8 Å². The van der Waals surface area contributed by atoms with Crippen molar-refractivity contribution in [3.63, 3.8) is 0 Å². The van der Waals surface area contributed by atoms with Gasteiger partial charge >= 0.3 is 0 Å². The minimum absolute atomic E-state index is 0.249. The molecule has 4 rings (SSSR count). The van der Waals surface area contributed by atoms with Crippen LogP contribution in [0, 0.1) is 0 Å². The highest BCUT2D eigenvalue weighted by Gasteiger charge is 2.43. The number of hydrogen-bond donors (Lipinski definition) is 0. The molecule has 1 atom stereocenters. The zero-order valence-electron chi connectivity index (χ0n) is 18.7. The maximum Gasteiger partial charge on any atom is 0.262 e. The quantitative estimate of drug-likeness (QED) is 0.496. The number of ether oxygens (including phenoxy) is 1. The van der Waals surface area contributed by atoms with Crippen molar-refractivity contribution in [3.05, 3.63) is 101 Å². The van der Waals surface area contributed by atoms with E-state index < -0.39 is 17.9 Å². The Labute approximate surface area is 193 Å². The van der Waals surface area contributed by atoms with Crippen LogP contribution in [0.3, 0.4) is 0 Å². The van der Waals surface area contributed by atoms with E-state index in [9.17, 15) is 14.4 Å². The Morgan fingerprint density at radius 1 is 0.848 bits per heavy atom. The predicted octanol–water partition coefficient (Wildman–Crippen LogP) is 3.95. The summed E-state index contributed by atoms with van der Waals surface area (Å²) in [6, 6.07) is 22.7. The van der Waals surface area contributed by atoms with Gasteiger partial charge in [-0.1, -0.05) is 54.6 Å². The Bertz CT molecular complexity index is 1120. The van der Waals surface area contributed by atoms with E-state index in [0.717, 1.165) is 21.8 Å². The molecule has 3 aromatic rings. The van der Waals surface area contributed by atoms with Crippen LogP contribution in [0.5, 0.6) is 5.75 Å². The number of imide groups is 1. The van der Waals surface area contributed by atoms with Gasteiger partial charge in [-0.05, 0) is 42.3 Å². The molecule has 0 saturated carbocycles. The third kappa shape index (κ3) is 4.65. The molecule has 1 aliphatic rings. The number of nitrogens with zero attached hydrogens (tertiary/aromatic N) is 2. The zero-order valence-corrected chi connectivity index (χ0v) is 18.7. The Hall–Kier alpha value is -3.93. The highest BCUT2D eigenvalue weighted by atomic mass is 16.5. The van der Waals surface area contributed by atoms with Crippen LogP contribution in [0.4, 0.5) is 0 Å². The van der Waals surface area contributed by atoms with E-state index in [1.807, 2.05) is 61.5 Å². The summed E-state index contributed by atoms with van der Waals surface area (Å²) in [4.78, 5) is 42.6. The second-order valence-electron chi connectivity index (χ2n) is 8.00. The summed E-state index contributed by atoms with van der Waals surface area (Å²) in [5.74, 6) is -0.385. The molecule has 6 heteroatoms. The van der Waals surface area contributed by atoms with Crippen LogP contribution >= 0.6 is 0 Å². The highest BCUT2D eigenvalue weighted by molar-refractivity contribution is 6.22.